The van der Waals surface area contributed by atoms with Crippen molar-refractivity contribution in [3.05, 3.63) is 78.4 Å². The van der Waals surface area contributed by atoms with Crippen LogP contribution in [0.3, 0.4) is 0 Å². The maximum Gasteiger partial charge on any atom is 0.142 e. The molecule has 3 nitrogen and oxygen atoms in total. The summed E-state index contributed by atoms with van der Waals surface area (Å²) in [4.78, 5) is 5.28. The number of hydrogen-bond acceptors (Lipinski definition) is 3. The zero-order valence-corrected chi connectivity index (χ0v) is 11.2. The molecule has 0 N–H and O–H groups in total. The average molecular weight is 267 g/mol. The van der Waals surface area contributed by atoms with Gasteiger partial charge in [0.25, 0.3) is 0 Å². The van der Waals surface area contributed by atoms with Crippen LogP contribution in [0.5, 0.6) is 5.75 Å². The number of hydrogen-bond donors (Lipinski definition) is 0. The summed E-state index contributed by atoms with van der Waals surface area (Å²) < 4.78 is 5.54. The smallest absolute Gasteiger partial charge is 0.142 e. The highest BCUT2D eigenvalue weighted by atomic mass is 16.6. The van der Waals surface area contributed by atoms with E-state index in [-0.39, 0.29) is 0 Å². The van der Waals surface area contributed by atoms with Crippen LogP contribution in [-0.2, 0) is 11.4 Å². The zero-order chi connectivity index (χ0) is 14.0. The Labute approximate surface area is 119 Å². The van der Waals surface area contributed by atoms with E-state index in [1.807, 2.05) is 54.6 Å². The minimum Gasteiger partial charge on any atom is -0.489 e. The molecule has 0 saturated carbocycles. The Bertz CT molecular complexity index is 564. The second-order valence-corrected chi connectivity index (χ2v) is 4.13. The van der Waals surface area contributed by atoms with E-state index in [9.17, 15) is 0 Å². The van der Waals surface area contributed by atoms with Gasteiger partial charge in [-0.3, -0.25) is 0 Å². The molecule has 0 bridgehead atoms. The fourth-order valence-corrected chi connectivity index (χ4v) is 1.65. The summed E-state index contributed by atoms with van der Waals surface area (Å²) in [6.07, 6.45) is 3.36. The van der Waals surface area contributed by atoms with Crippen molar-refractivity contribution in [3.8, 4) is 5.75 Å². The van der Waals surface area contributed by atoms with Crippen LogP contribution in [0.2, 0.25) is 0 Å². The third kappa shape index (κ3) is 4.28. The molecule has 0 atom stereocenters. The van der Waals surface area contributed by atoms with Crippen LogP contribution in [0, 0.1) is 0 Å². The Morgan fingerprint density at radius 1 is 1.00 bits per heavy atom. The van der Waals surface area contributed by atoms with Crippen molar-refractivity contribution in [1.29, 1.82) is 0 Å². The summed E-state index contributed by atoms with van der Waals surface area (Å²) in [7, 11) is 0. The van der Waals surface area contributed by atoms with Gasteiger partial charge in [0.1, 0.15) is 19.0 Å². The van der Waals surface area contributed by atoms with Gasteiger partial charge in [-0.05, 0) is 17.7 Å². The highest BCUT2D eigenvalue weighted by Crippen LogP contribution is 2.15. The van der Waals surface area contributed by atoms with E-state index < -0.39 is 0 Å². The Balaban J connectivity index is 1.92. The number of para-hydroxylation sites is 1. The predicted octanol–water partition coefficient (Wildman–Crippen LogP) is 3.80. The fraction of sp³-hybridized carbons (Fsp3) is 0.118. The molecule has 0 spiro atoms. The number of ether oxygens (including phenoxy) is 1. The molecule has 0 fully saturated rings. The van der Waals surface area contributed by atoms with Crippen molar-refractivity contribution < 1.29 is 9.57 Å². The average Bonchev–Trinajstić information content (AvgIpc) is 2.51. The molecule has 2 aromatic carbocycles. The molecule has 2 aromatic rings. The van der Waals surface area contributed by atoms with Crippen molar-refractivity contribution in [2.45, 2.75) is 6.61 Å². The quantitative estimate of drug-likeness (QED) is 0.434. The molecule has 2 rings (SSSR count). The Morgan fingerprint density at radius 2 is 1.75 bits per heavy atom. The molecule has 0 aliphatic carbocycles. The normalized spacial score (nSPS) is 10.4. The van der Waals surface area contributed by atoms with Crippen LogP contribution in [0.15, 0.2) is 72.4 Å². The molecule has 0 heterocycles. The second kappa shape index (κ2) is 7.79. The molecule has 0 aromatic heterocycles. The molecule has 20 heavy (non-hydrogen) atoms. The van der Waals surface area contributed by atoms with Gasteiger partial charge in [-0.25, -0.2) is 0 Å². The zero-order valence-electron chi connectivity index (χ0n) is 11.2. The van der Waals surface area contributed by atoms with E-state index in [1.54, 1.807) is 12.3 Å². The minimum atomic E-state index is 0.451. The van der Waals surface area contributed by atoms with Crippen molar-refractivity contribution in [3.63, 3.8) is 0 Å². The highest BCUT2D eigenvalue weighted by molar-refractivity contribution is 5.83. The predicted molar refractivity (Wildman–Crippen MR) is 81.0 cm³/mol. The lowest BCUT2D eigenvalue weighted by Gasteiger charge is -2.06. The largest absolute Gasteiger partial charge is 0.489 e. The molecule has 0 aliphatic rings. The summed E-state index contributed by atoms with van der Waals surface area (Å²) in [5.41, 5.74) is 1.96. The summed E-state index contributed by atoms with van der Waals surface area (Å²) >= 11 is 0. The van der Waals surface area contributed by atoms with Gasteiger partial charge in [-0.1, -0.05) is 60.3 Å². The second-order valence-electron chi connectivity index (χ2n) is 4.13. The van der Waals surface area contributed by atoms with Gasteiger partial charge in [-0.2, -0.15) is 0 Å². The molecular weight excluding hydrogens is 250 g/mol. The van der Waals surface area contributed by atoms with Gasteiger partial charge < -0.3 is 9.57 Å². The molecule has 0 aliphatic heterocycles. The van der Waals surface area contributed by atoms with E-state index in [1.165, 1.54) is 0 Å². The van der Waals surface area contributed by atoms with E-state index in [0.717, 1.165) is 16.9 Å². The maximum atomic E-state index is 5.54. The molecular formula is C17H17NO2. The Kier molecular flexibility index (Phi) is 5.40. The molecule has 0 radical (unpaired) electrons. The summed E-state index contributed by atoms with van der Waals surface area (Å²) in [6.45, 7) is 4.55. The third-order valence-corrected chi connectivity index (χ3v) is 2.62. The lowest BCUT2D eigenvalue weighted by atomic mass is 10.2. The topological polar surface area (TPSA) is 30.8 Å². The van der Waals surface area contributed by atoms with E-state index in [0.29, 0.717) is 13.2 Å². The molecule has 0 unspecified atom stereocenters. The first-order valence-corrected chi connectivity index (χ1v) is 6.42. The maximum absolute atomic E-state index is 5.54. The van der Waals surface area contributed by atoms with Crippen LogP contribution >= 0.6 is 0 Å². The van der Waals surface area contributed by atoms with Crippen molar-refractivity contribution in [2.24, 2.45) is 5.16 Å². The van der Waals surface area contributed by atoms with Crippen LogP contribution < -0.4 is 4.74 Å². The fourth-order valence-electron chi connectivity index (χ4n) is 1.65. The molecule has 0 amide bonds. The highest BCUT2D eigenvalue weighted by Gasteiger charge is 1.99. The van der Waals surface area contributed by atoms with E-state index >= 15 is 0 Å². The monoisotopic (exact) mass is 267 g/mol. The SMILES string of the molecule is C=CCOc1ccccc1/C=N/OCc1ccccc1. The van der Waals surface area contributed by atoms with Gasteiger partial charge in [0.2, 0.25) is 0 Å². The van der Waals surface area contributed by atoms with Gasteiger partial charge in [-0.15, -0.1) is 0 Å². The minimum absolute atomic E-state index is 0.451. The molecule has 3 heteroatoms. The lowest BCUT2D eigenvalue weighted by Crippen LogP contribution is -1.97. The number of nitrogens with zero attached hydrogens (tertiary/aromatic N) is 1. The molecule has 0 saturated heterocycles. The standard InChI is InChI=1S/C17H17NO2/c1-2-12-19-17-11-7-6-10-16(17)13-18-20-14-15-8-4-3-5-9-15/h2-11,13H,1,12,14H2/b18-13+. The lowest BCUT2D eigenvalue weighted by molar-refractivity contribution is 0.132. The number of oxime groups is 1. The summed E-state index contributed by atoms with van der Waals surface area (Å²) in [6, 6.07) is 17.6. The van der Waals surface area contributed by atoms with Crippen molar-refractivity contribution in [1.82, 2.24) is 0 Å². The van der Waals surface area contributed by atoms with Gasteiger partial charge in [0.05, 0.1) is 6.21 Å². The van der Waals surface area contributed by atoms with Crippen LogP contribution in [0.4, 0.5) is 0 Å². The van der Waals surface area contributed by atoms with Crippen LogP contribution in [0.25, 0.3) is 0 Å². The first-order chi connectivity index (χ1) is 9.90. The third-order valence-electron chi connectivity index (χ3n) is 2.62. The number of benzene rings is 2. The van der Waals surface area contributed by atoms with Crippen LogP contribution in [-0.4, -0.2) is 12.8 Å². The van der Waals surface area contributed by atoms with E-state index in [2.05, 4.69) is 11.7 Å². The Morgan fingerprint density at radius 3 is 2.55 bits per heavy atom. The van der Waals surface area contributed by atoms with Gasteiger partial charge in [0.15, 0.2) is 0 Å². The Hall–Kier alpha value is -2.55. The van der Waals surface area contributed by atoms with Crippen LogP contribution in [0.1, 0.15) is 11.1 Å². The number of rotatable bonds is 7. The van der Waals surface area contributed by atoms with E-state index in [4.69, 9.17) is 9.57 Å². The van der Waals surface area contributed by atoms with Gasteiger partial charge in [0, 0.05) is 5.56 Å². The van der Waals surface area contributed by atoms with Crippen molar-refractivity contribution in [2.75, 3.05) is 6.61 Å². The summed E-state index contributed by atoms with van der Waals surface area (Å²) in [5.74, 6) is 0.763. The first kappa shape index (κ1) is 13.9. The van der Waals surface area contributed by atoms with Crippen molar-refractivity contribution >= 4 is 6.21 Å². The first-order valence-electron chi connectivity index (χ1n) is 6.42. The van der Waals surface area contributed by atoms with Gasteiger partial charge >= 0.3 is 0 Å². The molecule has 102 valence electrons. The summed E-state index contributed by atoms with van der Waals surface area (Å²) in [5, 5.41) is 3.97.